The predicted molar refractivity (Wildman–Crippen MR) is 112 cm³/mol. The molecular formula is C20H19ClN2O4S. The lowest BCUT2D eigenvalue weighted by Gasteiger charge is -2.32. The molecule has 0 aliphatic carbocycles. The van der Waals surface area contributed by atoms with Crippen LogP contribution in [-0.4, -0.2) is 32.4 Å². The molecule has 1 atom stereocenters. The molecule has 0 bridgehead atoms. The SMILES string of the molecule is COC(=O)C1=C(c2ccc(Cl)cc2)NC(=S)N[C@@H]1c1cccc(OC)c1OC. The summed E-state index contributed by atoms with van der Waals surface area (Å²) >= 11 is 11.4. The van der Waals surface area contributed by atoms with E-state index in [9.17, 15) is 4.79 Å². The summed E-state index contributed by atoms with van der Waals surface area (Å²) in [5.74, 6) is 0.551. The van der Waals surface area contributed by atoms with E-state index in [2.05, 4.69) is 10.6 Å². The van der Waals surface area contributed by atoms with Gasteiger partial charge in [-0.05, 0) is 36.0 Å². The minimum absolute atomic E-state index is 0.366. The molecule has 0 amide bonds. The Morgan fingerprint density at radius 3 is 2.39 bits per heavy atom. The van der Waals surface area contributed by atoms with Crippen molar-refractivity contribution in [3.8, 4) is 11.5 Å². The summed E-state index contributed by atoms with van der Waals surface area (Å²) in [4.78, 5) is 12.8. The van der Waals surface area contributed by atoms with Crippen LogP contribution in [0.5, 0.6) is 11.5 Å². The summed E-state index contributed by atoms with van der Waals surface area (Å²) in [6.07, 6.45) is 0. The van der Waals surface area contributed by atoms with Gasteiger partial charge in [0.05, 0.1) is 38.6 Å². The number of halogens is 1. The molecule has 146 valence electrons. The Morgan fingerprint density at radius 1 is 1.07 bits per heavy atom. The number of benzene rings is 2. The highest BCUT2D eigenvalue weighted by Gasteiger charge is 2.35. The monoisotopic (exact) mass is 418 g/mol. The van der Waals surface area contributed by atoms with E-state index in [1.165, 1.54) is 7.11 Å². The Kier molecular flexibility index (Phi) is 6.06. The fraction of sp³-hybridized carbons (Fsp3) is 0.200. The van der Waals surface area contributed by atoms with Crippen LogP contribution in [-0.2, 0) is 9.53 Å². The highest BCUT2D eigenvalue weighted by atomic mass is 35.5. The van der Waals surface area contributed by atoms with Gasteiger partial charge in [0, 0.05) is 10.6 Å². The second-order valence-corrected chi connectivity index (χ2v) is 6.75. The van der Waals surface area contributed by atoms with Gasteiger partial charge in [0.15, 0.2) is 16.6 Å². The quantitative estimate of drug-likeness (QED) is 0.569. The van der Waals surface area contributed by atoms with Crippen LogP contribution in [0.2, 0.25) is 5.02 Å². The number of methoxy groups -OCH3 is 3. The summed E-state index contributed by atoms with van der Waals surface area (Å²) in [6.45, 7) is 0. The van der Waals surface area contributed by atoms with Gasteiger partial charge in [-0.1, -0.05) is 35.9 Å². The van der Waals surface area contributed by atoms with E-state index in [0.717, 1.165) is 5.56 Å². The van der Waals surface area contributed by atoms with Crippen molar-refractivity contribution in [2.24, 2.45) is 0 Å². The zero-order chi connectivity index (χ0) is 20.3. The molecule has 1 aliphatic rings. The van der Waals surface area contributed by atoms with Crippen molar-refractivity contribution in [2.45, 2.75) is 6.04 Å². The van der Waals surface area contributed by atoms with Gasteiger partial charge in [-0.2, -0.15) is 0 Å². The van der Waals surface area contributed by atoms with Gasteiger partial charge in [-0.3, -0.25) is 0 Å². The molecule has 0 fully saturated rings. The molecule has 1 aliphatic heterocycles. The van der Waals surface area contributed by atoms with E-state index >= 15 is 0 Å². The summed E-state index contributed by atoms with van der Waals surface area (Å²) in [6, 6.07) is 11.9. The Balaban J connectivity index is 2.25. The van der Waals surface area contributed by atoms with E-state index in [1.807, 2.05) is 12.1 Å². The summed E-state index contributed by atoms with van der Waals surface area (Å²) in [5, 5.41) is 7.16. The molecule has 3 rings (SSSR count). The first-order chi connectivity index (χ1) is 13.5. The maximum Gasteiger partial charge on any atom is 0.338 e. The van der Waals surface area contributed by atoms with Gasteiger partial charge >= 0.3 is 5.97 Å². The van der Waals surface area contributed by atoms with E-state index in [4.69, 9.17) is 38.0 Å². The molecule has 2 N–H and O–H groups in total. The molecule has 2 aromatic carbocycles. The third-order valence-corrected chi connectivity index (χ3v) is 4.83. The van der Waals surface area contributed by atoms with Crippen LogP contribution in [0.4, 0.5) is 0 Å². The van der Waals surface area contributed by atoms with Crippen molar-refractivity contribution < 1.29 is 19.0 Å². The Labute approximate surface area is 173 Å². The van der Waals surface area contributed by atoms with E-state index in [0.29, 0.717) is 38.5 Å². The highest BCUT2D eigenvalue weighted by Crippen LogP contribution is 2.40. The minimum Gasteiger partial charge on any atom is -0.493 e. The van der Waals surface area contributed by atoms with Gasteiger partial charge in [0.1, 0.15) is 0 Å². The average molecular weight is 419 g/mol. The van der Waals surface area contributed by atoms with E-state index < -0.39 is 12.0 Å². The van der Waals surface area contributed by atoms with Gasteiger partial charge < -0.3 is 24.8 Å². The Bertz CT molecular complexity index is 944. The van der Waals surface area contributed by atoms with Gasteiger partial charge in [0.2, 0.25) is 0 Å². The molecule has 0 spiro atoms. The molecule has 8 heteroatoms. The third-order valence-electron chi connectivity index (χ3n) is 4.35. The lowest BCUT2D eigenvalue weighted by atomic mass is 9.92. The molecule has 0 radical (unpaired) electrons. The smallest absolute Gasteiger partial charge is 0.338 e. The number of nitrogens with one attached hydrogen (secondary N) is 2. The van der Waals surface area contributed by atoms with Crippen molar-refractivity contribution in [1.82, 2.24) is 10.6 Å². The minimum atomic E-state index is -0.600. The van der Waals surface area contributed by atoms with Crippen LogP contribution in [0.15, 0.2) is 48.0 Å². The first-order valence-corrected chi connectivity index (χ1v) is 9.15. The largest absolute Gasteiger partial charge is 0.493 e. The van der Waals surface area contributed by atoms with E-state index in [1.54, 1.807) is 44.6 Å². The molecule has 28 heavy (non-hydrogen) atoms. The number of rotatable bonds is 5. The second-order valence-electron chi connectivity index (χ2n) is 5.90. The van der Waals surface area contributed by atoms with Gasteiger partial charge in [0.25, 0.3) is 0 Å². The maximum absolute atomic E-state index is 12.8. The molecule has 0 unspecified atom stereocenters. The molecule has 1 heterocycles. The van der Waals surface area contributed by atoms with E-state index in [-0.39, 0.29) is 0 Å². The number of esters is 1. The highest BCUT2D eigenvalue weighted by molar-refractivity contribution is 7.80. The number of carbonyl (C=O) groups excluding carboxylic acids is 1. The maximum atomic E-state index is 12.8. The van der Waals surface area contributed by atoms with Crippen molar-refractivity contribution in [3.05, 3.63) is 64.2 Å². The predicted octanol–water partition coefficient (Wildman–Crippen LogP) is 3.46. The first kappa shape index (κ1) is 20.0. The molecule has 0 saturated carbocycles. The van der Waals surface area contributed by atoms with Crippen LogP contribution < -0.4 is 20.1 Å². The number of hydrogen-bond donors (Lipinski definition) is 2. The van der Waals surface area contributed by atoms with Crippen LogP contribution >= 0.6 is 23.8 Å². The lowest BCUT2D eigenvalue weighted by molar-refractivity contribution is -0.136. The van der Waals surface area contributed by atoms with Crippen LogP contribution in [0.1, 0.15) is 17.2 Å². The topological polar surface area (TPSA) is 68.8 Å². The van der Waals surface area contributed by atoms with Crippen molar-refractivity contribution in [2.75, 3.05) is 21.3 Å². The number of carbonyl (C=O) groups is 1. The first-order valence-electron chi connectivity index (χ1n) is 8.37. The van der Waals surface area contributed by atoms with Gasteiger partial charge in [-0.15, -0.1) is 0 Å². The Hall–Kier alpha value is -2.77. The zero-order valence-corrected chi connectivity index (χ0v) is 17.1. The van der Waals surface area contributed by atoms with Crippen LogP contribution in [0.25, 0.3) is 5.70 Å². The average Bonchev–Trinajstić information content (AvgIpc) is 2.72. The molecule has 0 saturated heterocycles. The normalized spacial score (nSPS) is 16.1. The van der Waals surface area contributed by atoms with Crippen molar-refractivity contribution >= 4 is 40.6 Å². The number of ether oxygens (including phenoxy) is 3. The zero-order valence-electron chi connectivity index (χ0n) is 15.5. The lowest BCUT2D eigenvalue weighted by Crippen LogP contribution is -2.45. The van der Waals surface area contributed by atoms with Crippen molar-refractivity contribution in [1.29, 1.82) is 0 Å². The second kappa shape index (κ2) is 8.50. The fourth-order valence-electron chi connectivity index (χ4n) is 3.11. The number of thiocarbonyl (C=S) groups is 1. The molecule has 0 aromatic heterocycles. The number of hydrogen-bond acceptors (Lipinski definition) is 5. The summed E-state index contributed by atoms with van der Waals surface area (Å²) < 4.78 is 16.0. The molecule has 2 aromatic rings. The van der Waals surface area contributed by atoms with Gasteiger partial charge in [-0.25, -0.2) is 4.79 Å². The fourth-order valence-corrected chi connectivity index (χ4v) is 3.46. The molecule has 6 nitrogen and oxygen atoms in total. The van der Waals surface area contributed by atoms with Crippen LogP contribution in [0, 0.1) is 0 Å². The summed E-state index contributed by atoms with van der Waals surface area (Å²) in [7, 11) is 4.43. The van der Waals surface area contributed by atoms with Crippen LogP contribution in [0.3, 0.4) is 0 Å². The third kappa shape index (κ3) is 3.76. The molecular weight excluding hydrogens is 400 g/mol. The standard InChI is InChI=1S/C20H19ClN2O4S/c1-25-14-6-4-5-13(18(14)26-2)17-15(19(24)27-3)16(22-20(28)23-17)11-7-9-12(21)10-8-11/h4-10,17H,1-3H3,(H2,22,23,28)/t17-/m1/s1. The Morgan fingerprint density at radius 2 is 1.79 bits per heavy atom. The number of para-hydroxylation sites is 1. The summed E-state index contributed by atoms with van der Waals surface area (Å²) in [5.41, 5.74) is 2.35. The van der Waals surface area contributed by atoms with Crippen molar-refractivity contribution in [3.63, 3.8) is 0 Å².